The predicted octanol–water partition coefficient (Wildman–Crippen LogP) is 3.16. The molecule has 14 heavy (non-hydrogen) atoms. The molecule has 76 valence electrons. The Balaban J connectivity index is 2.53. The molecule has 2 atom stereocenters. The maximum Gasteiger partial charge on any atom is 0.127 e. The van der Waals surface area contributed by atoms with Crippen LogP contribution >= 0.6 is 23.2 Å². The fourth-order valence-electron chi connectivity index (χ4n) is 1.76. The fourth-order valence-corrected chi connectivity index (χ4v) is 2.37. The minimum Gasteiger partial charge on any atom is -0.490 e. The predicted molar refractivity (Wildman–Crippen MR) is 58.1 cm³/mol. The molecule has 1 heterocycles. The number of halogens is 2. The van der Waals surface area contributed by atoms with Crippen LogP contribution in [0, 0.1) is 0 Å². The average molecular weight is 232 g/mol. The van der Waals surface area contributed by atoms with Crippen molar-refractivity contribution in [3.8, 4) is 5.75 Å². The molecular formula is C10H11Cl2NO. The van der Waals surface area contributed by atoms with Crippen LogP contribution in [-0.4, -0.2) is 6.10 Å². The molecule has 0 saturated heterocycles. The SMILES string of the molecule is CC1CC(N)c2c(Cl)cc(Cl)cc2O1. The summed E-state index contributed by atoms with van der Waals surface area (Å²) >= 11 is 11.9. The molecule has 0 bridgehead atoms. The lowest BCUT2D eigenvalue weighted by atomic mass is 9.98. The molecule has 0 aliphatic carbocycles. The Labute approximate surface area is 92.9 Å². The zero-order valence-electron chi connectivity index (χ0n) is 7.76. The third-order valence-corrected chi connectivity index (χ3v) is 2.87. The molecule has 0 amide bonds. The summed E-state index contributed by atoms with van der Waals surface area (Å²) in [6.07, 6.45) is 0.904. The van der Waals surface area contributed by atoms with Crippen LogP contribution in [0.5, 0.6) is 5.75 Å². The standard InChI is InChI=1S/C10H11Cl2NO/c1-5-2-8(13)10-7(12)3-6(11)4-9(10)14-5/h3-5,8H,2,13H2,1H3. The van der Waals surface area contributed by atoms with Gasteiger partial charge in [-0.15, -0.1) is 0 Å². The highest BCUT2D eigenvalue weighted by Gasteiger charge is 2.25. The second-order valence-electron chi connectivity index (χ2n) is 3.57. The molecule has 1 aromatic carbocycles. The monoisotopic (exact) mass is 231 g/mol. The smallest absolute Gasteiger partial charge is 0.127 e. The molecule has 0 aromatic heterocycles. The van der Waals surface area contributed by atoms with Gasteiger partial charge in [0.25, 0.3) is 0 Å². The van der Waals surface area contributed by atoms with Gasteiger partial charge in [0.05, 0.1) is 11.1 Å². The van der Waals surface area contributed by atoms with Crippen molar-refractivity contribution in [2.45, 2.75) is 25.5 Å². The molecule has 0 saturated carbocycles. The number of nitrogens with two attached hydrogens (primary N) is 1. The third kappa shape index (κ3) is 1.70. The maximum atomic E-state index is 6.05. The highest BCUT2D eigenvalue weighted by molar-refractivity contribution is 6.35. The normalized spacial score (nSPS) is 25.4. The topological polar surface area (TPSA) is 35.2 Å². The minimum absolute atomic E-state index is 0.0569. The Morgan fingerprint density at radius 2 is 2.14 bits per heavy atom. The van der Waals surface area contributed by atoms with Crippen molar-refractivity contribution < 1.29 is 4.74 Å². The number of benzene rings is 1. The Morgan fingerprint density at radius 1 is 1.43 bits per heavy atom. The number of hydrogen-bond acceptors (Lipinski definition) is 2. The van der Waals surface area contributed by atoms with Crippen molar-refractivity contribution in [2.75, 3.05) is 0 Å². The van der Waals surface area contributed by atoms with Gasteiger partial charge in [0.1, 0.15) is 5.75 Å². The van der Waals surface area contributed by atoms with E-state index in [-0.39, 0.29) is 12.1 Å². The molecule has 2 nitrogen and oxygen atoms in total. The number of hydrogen-bond donors (Lipinski definition) is 1. The molecule has 4 heteroatoms. The van der Waals surface area contributed by atoms with E-state index in [0.29, 0.717) is 15.8 Å². The summed E-state index contributed by atoms with van der Waals surface area (Å²) in [5.74, 6) is 0.716. The van der Waals surface area contributed by atoms with Crippen molar-refractivity contribution in [1.82, 2.24) is 0 Å². The van der Waals surface area contributed by atoms with E-state index in [1.807, 2.05) is 6.92 Å². The molecule has 1 aliphatic rings. The highest BCUT2D eigenvalue weighted by atomic mass is 35.5. The van der Waals surface area contributed by atoms with E-state index in [4.69, 9.17) is 33.7 Å². The van der Waals surface area contributed by atoms with Crippen LogP contribution < -0.4 is 10.5 Å². The Hall–Kier alpha value is -0.440. The van der Waals surface area contributed by atoms with Crippen LogP contribution in [0.1, 0.15) is 24.9 Å². The van der Waals surface area contributed by atoms with Gasteiger partial charge in [-0.2, -0.15) is 0 Å². The van der Waals surface area contributed by atoms with Gasteiger partial charge in [-0.1, -0.05) is 23.2 Å². The summed E-state index contributed by atoms with van der Waals surface area (Å²) in [5.41, 5.74) is 6.85. The average Bonchev–Trinajstić information content (AvgIpc) is 1.99. The van der Waals surface area contributed by atoms with Crippen LogP contribution in [0.15, 0.2) is 12.1 Å². The zero-order valence-corrected chi connectivity index (χ0v) is 9.27. The summed E-state index contributed by atoms with van der Waals surface area (Å²) in [6, 6.07) is 3.40. The van der Waals surface area contributed by atoms with Crippen molar-refractivity contribution in [2.24, 2.45) is 5.73 Å². The largest absolute Gasteiger partial charge is 0.490 e. The number of fused-ring (bicyclic) bond motifs is 1. The van der Waals surface area contributed by atoms with Gasteiger partial charge in [0.2, 0.25) is 0 Å². The Bertz CT molecular complexity index is 367. The number of rotatable bonds is 0. The lowest BCUT2D eigenvalue weighted by molar-refractivity contribution is 0.177. The highest BCUT2D eigenvalue weighted by Crippen LogP contribution is 2.40. The van der Waals surface area contributed by atoms with Gasteiger partial charge in [0, 0.05) is 23.0 Å². The molecular weight excluding hydrogens is 221 g/mol. The quantitative estimate of drug-likeness (QED) is 0.745. The summed E-state index contributed by atoms with van der Waals surface area (Å²) in [6.45, 7) is 1.98. The van der Waals surface area contributed by atoms with Crippen molar-refractivity contribution >= 4 is 23.2 Å². The summed E-state index contributed by atoms with van der Waals surface area (Å²) < 4.78 is 5.61. The van der Waals surface area contributed by atoms with Crippen LogP contribution in [0.25, 0.3) is 0 Å². The van der Waals surface area contributed by atoms with Crippen LogP contribution in [-0.2, 0) is 0 Å². The Kier molecular flexibility index (Phi) is 2.60. The van der Waals surface area contributed by atoms with Crippen LogP contribution in [0.4, 0.5) is 0 Å². The number of ether oxygens (including phenoxy) is 1. The van der Waals surface area contributed by atoms with Crippen LogP contribution in [0.3, 0.4) is 0 Å². The van der Waals surface area contributed by atoms with Crippen LogP contribution in [0.2, 0.25) is 10.0 Å². The molecule has 2 unspecified atom stereocenters. The van der Waals surface area contributed by atoms with E-state index in [1.165, 1.54) is 0 Å². The summed E-state index contributed by atoms with van der Waals surface area (Å²) in [7, 11) is 0. The third-order valence-electron chi connectivity index (χ3n) is 2.34. The summed E-state index contributed by atoms with van der Waals surface area (Å²) in [4.78, 5) is 0. The van der Waals surface area contributed by atoms with Gasteiger partial charge in [-0.3, -0.25) is 0 Å². The van der Waals surface area contributed by atoms with Gasteiger partial charge in [-0.25, -0.2) is 0 Å². The summed E-state index contributed by atoms with van der Waals surface area (Å²) in [5, 5.41) is 1.17. The van der Waals surface area contributed by atoms with E-state index in [9.17, 15) is 0 Å². The van der Waals surface area contributed by atoms with E-state index in [1.54, 1.807) is 12.1 Å². The zero-order chi connectivity index (χ0) is 10.3. The first-order chi connectivity index (χ1) is 6.58. The molecule has 2 N–H and O–H groups in total. The van der Waals surface area contributed by atoms with E-state index in [0.717, 1.165) is 12.0 Å². The Morgan fingerprint density at radius 3 is 2.86 bits per heavy atom. The minimum atomic E-state index is -0.0569. The second-order valence-corrected chi connectivity index (χ2v) is 4.41. The van der Waals surface area contributed by atoms with Crippen molar-refractivity contribution in [3.05, 3.63) is 27.7 Å². The first kappa shape index (κ1) is 10.1. The molecule has 0 radical (unpaired) electrons. The first-order valence-electron chi connectivity index (χ1n) is 4.49. The molecule has 0 spiro atoms. The second kappa shape index (κ2) is 3.61. The van der Waals surface area contributed by atoms with Crippen molar-refractivity contribution in [1.29, 1.82) is 0 Å². The van der Waals surface area contributed by atoms with E-state index < -0.39 is 0 Å². The molecule has 1 aliphatic heterocycles. The van der Waals surface area contributed by atoms with Gasteiger partial charge < -0.3 is 10.5 Å². The molecule has 2 rings (SSSR count). The van der Waals surface area contributed by atoms with Gasteiger partial charge in [-0.05, 0) is 19.1 Å². The molecule has 0 fully saturated rings. The lowest BCUT2D eigenvalue weighted by Crippen LogP contribution is -2.27. The van der Waals surface area contributed by atoms with E-state index in [2.05, 4.69) is 0 Å². The van der Waals surface area contributed by atoms with Gasteiger partial charge >= 0.3 is 0 Å². The molecule has 1 aromatic rings. The van der Waals surface area contributed by atoms with Gasteiger partial charge in [0.15, 0.2) is 0 Å². The van der Waals surface area contributed by atoms with E-state index >= 15 is 0 Å². The van der Waals surface area contributed by atoms with Crippen molar-refractivity contribution in [3.63, 3.8) is 0 Å². The lowest BCUT2D eigenvalue weighted by Gasteiger charge is -2.28. The first-order valence-corrected chi connectivity index (χ1v) is 5.24. The maximum absolute atomic E-state index is 6.05. The fraction of sp³-hybridized carbons (Fsp3) is 0.400.